The molecule has 1 atom stereocenters. The van der Waals surface area contributed by atoms with E-state index in [0.29, 0.717) is 6.54 Å². The Morgan fingerprint density at radius 2 is 2.05 bits per heavy atom. The van der Waals surface area contributed by atoms with Crippen LogP contribution in [-0.2, 0) is 6.54 Å². The maximum absolute atomic E-state index is 6.00. The molecule has 0 aliphatic carbocycles. The molecule has 5 nitrogen and oxygen atoms in total. The van der Waals surface area contributed by atoms with Gasteiger partial charge in [-0.25, -0.2) is 4.98 Å². The average Bonchev–Trinajstić information content (AvgIpc) is 2.85. The zero-order chi connectivity index (χ0) is 14.3. The molecule has 1 rings (SSSR count). The van der Waals surface area contributed by atoms with E-state index >= 15 is 0 Å². The van der Waals surface area contributed by atoms with E-state index in [2.05, 4.69) is 47.3 Å². The van der Waals surface area contributed by atoms with Gasteiger partial charge in [-0.15, -0.1) is 0 Å². The van der Waals surface area contributed by atoms with Crippen LogP contribution in [0, 0.1) is 0 Å². The van der Waals surface area contributed by atoms with Crippen LogP contribution in [-0.4, -0.2) is 59.6 Å². The van der Waals surface area contributed by atoms with E-state index in [9.17, 15) is 0 Å². The molecule has 0 saturated heterocycles. The molecule has 0 aliphatic rings. The number of aryl methyl sites for hydroxylation is 1. The van der Waals surface area contributed by atoms with E-state index in [1.165, 1.54) is 5.69 Å². The van der Waals surface area contributed by atoms with E-state index in [-0.39, 0.29) is 6.04 Å². The van der Waals surface area contributed by atoms with Gasteiger partial charge >= 0.3 is 0 Å². The summed E-state index contributed by atoms with van der Waals surface area (Å²) in [6, 6.07) is 0.273. The van der Waals surface area contributed by atoms with Crippen molar-refractivity contribution in [1.82, 2.24) is 19.4 Å². The van der Waals surface area contributed by atoms with E-state index in [4.69, 9.17) is 5.73 Å². The maximum Gasteiger partial charge on any atom is 0.0948 e. The third-order valence-electron chi connectivity index (χ3n) is 3.55. The summed E-state index contributed by atoms with van der Waals surface area (Å²) in [6.07, 6.45) is 5.01. The highest BCUT2D eigenvalue weighted by Crippen LogP contribution is 2.19. The predicted molar refractivity (Wildman–Crippen MR) is 80.1 cm³/mol. The second kappa shape index (κ2) is 8.30. The number of rotatable bonds is 9. The van der Waals surface area contributed by atoms with Gasteiger partial charge in [-0.3, -0.25) is 4.90 Å². The number of hydrogen-bond donors (Lipinski definition) is 1. The summed E-state index contributed by atoms with van der Waals surface area (Å²) in [6.45, 7) is 9.13. The van der Waals surface area contributed by atoms with Crippen LogP contribution in [0.5, 0.6) is 0 Å². The summed E-state index contributed by atoms with van der Waals surface area (Å²) in [5.41, 5.74) is 7.24. The summed E-state index contributed by atoms with van der Waals surface area (Å²) in [5.74, 6) is 0. The van der Waals surface area contributed by atoms with Crippen molar-refractivity contribution in [1.29, 1.82) is 0 Å². The van der Waals surface area contributed by atoms with Crippen LogP contribution in [0.15, 0.2) is 12.5 Å². The van der Waals surface area contributed by atoms with Gasteiger partial charge in [0, 0.05) is 25.8 Å². The minimum Gasteiger partial charge on any atom is -0.333 e. The summed E-state index contributed by atoms with van der Waals surface area (Å²) in [5, 5.41) is 0. The molecule has 19 heavy (non-hydrogen) atoms. The second-order valence-electron chi connectivity index (χ2n) is 5.14. The molecule has 1 aromatic heterocycles. The van der Waals surface area contributed by atoms with E-state index in [1.54, 1.807) is 0 Å². The standard InChI is InChI=1S/C14H29N5/c1-5-18(9-7-8-17(3)4)13(10-15)14-11-16-12-19(14)6-2/h11-13H,5-10,15H2,1-4H3. The van der Waals surface area contributed by atoms with Crippen molar-refractivity contribution >= 4 is 0 Å². The summed E-state index contributed by atoms with van der Waals surface area (Å²) in [4.78, 5) is 8.93. The van der Waals surface area contributed by atoms with Crippen molar-refractivity contribution < 1.29 is 0 Å². The molecule has 0 saturated carbocycles. The lowest BCUT2D eigenvalue weighted by Crippen LogP contribution is -2.36. The number of imidazole rings is 1. The molecule has 0 amide bonds. The molecule has 5 heteroatoms. The number of hydrogen-bond acceptors (Lipinski definition) is 4. The summed E-state index contributed by atoms with van der Waals surface area (Å²) < 4.78 is 2.19. The molecule has 110 valence electrons. The maximum atomic E-state index is 6.00. The Balaban J connectivity index is 2.70. The van der Waals surface area contributed by atoms with Gasteiger partial charge in [0.2, 0.25) is 0 Å². The molecule has 2 N–H and O–H groups in total. The van der Waals surface area contributed by atoms with Crippen LogP contribution in [0.1, 0.15) is 32.0 Å². The highest BCUT2D eigenvalue weighted by atomic mass is 15.2. The summed E-state index contributed by atoms with van der Waals surface area (Å²) >= 11 is 0. The van der Waals surface area contributed by atoms with Crippen LogP contribution >= 0.6 is 0 Å². The van der Waals surface area contributed by atoms with Gasteiger partial charge in [-0.1, -0.05) is 6.92 Å². The normalized spacial score (nSPS) is 13.4. The Labute approximate surface area is 117 Å². The molecule has 0 fully saturated rings. The monoisotopic (exact) mass is 267 g/mol. The van der Waals surface area contributed by atoms with Crippen LogP contribution in [0.2, 0.25) is 0 Å². The minimum atomic E-state index is 0.273. The first-order chi connectivity index (χ1) is 9.13. The highest BCUT2D eigenvalue weighted by Gasteiger charge is 2.20. The number of aromatic nitrogens is 2. The van der Waals surface area contributed by atoms with Crippen LogP contribution in [0.4, 0.5) is 0 Å². The predicted octanol–water partition coefficient (Wildman–Crippen LogP) is 1.18. The Kier molecular flexibility index (Phi) is 7.05. The number of likely N-dealkylation sites (N-methyl/N-ethyl adjacent to an activating group) is 1. The largest absolute Gasteiger partial charge is 0.333 e. The fraction of sp³-hybridized carbons (Fsp3) is 0.786. The van der Waals surface area contributed by atoms with E-state index in [0.717, 1.165) is 32.6 Å². The first kappa shape index (κ1) is 16.1. The third-order valence-corrected chi connectivity index (χ3v) is 3.55. The van der Waals surface area contributed by atoms with E-state index < -0.39 is 0 Å². The number of nitrogens with zero attached hydrogens (tertiary/aromatic N) is 4. The Hall–Kier alpha value is -0.910. The second-order valence-corrected chi connectivity index (χ2v) is 5.14. The fourth-order valence-electron chi connectivity index (χ4n) is 2.45. The third kappa shape index (κ3) is 4.60. The fourth-order valence-corrected chi connectivity index (χ4v) is 2.45. The van der Waals surface area contributed by atoms with Gasteiger partial charge in [-0.05, 0) is 40.5 Å². The molecule has 0 radical (unpaired) electrons. The first-order valence-corrected chi connectivity index (χ1v) is 7.22. The van der Waals surface area contributed by atoms with Gasteiger partial charge in [0.25, 0.3) is 0 Å². The van der Waals surface area contributed by atoms with Crippen molar-refractivity contribution in [2.75, 3.05) is 40.3 Å². The van der Waals surface area contributed by atoms with Crippen LogP contribution in [0.3, 0.4) is 0 Å². The van der Waals surface area contributed by atoms with Gasteiger partial charge in [0.05, 0.1) is 18.1 Å². The number of nitrogens with two attached hydrogens (primary N) is 1. The van der Waals surface area contributed by atoms with Gasteiger partial charge in [0.15, 0.2) is 0 Å². The average molecular weight is 267 g/mol. The zero-order valence-electron chi connectivity index (χ0n) is 12.8. The molecular formula is C14H29N5. The zero-order valence-corrected chi connectivity index (χ0v) is 12.8. The Morgan fingerprint density at radius 1 is 1.32 bits per heavy atom. The Bertz CT molecular complexity index is 347. The van der Waals surface area contributed by atoms with Crippen molar-refractivity contribution in [2.45, 2.75) is 32.9 Å². The molecule has 0 bridgehead atoms. The lowest BCUT2D eigenvalue weighted by Gasteiger charge is -2.30. The molecule has 0 spiro atoms. The van der Waals surface area contributed by atoms with Crippen molar-refractivity contribution in [3.8, 4) is 0 Å². The van der Waals surface area contributed by atoms with Gasteiger partial charge < -0.3 is 15.2 Å². The van der Waals surface area contributed by atoms with Crippen LogP contribution < -0.4 is 5.73 Å². The molecule has 0 aliphatic heterocycles. The van der Waals surface area contributed by atoms with Crippen molar-refractivity contribution in [3.05, 3.63) is 18.2 Å². The van der Waals surface area contributed by atoms with Gasteiger partial charge in [0.1, 0.15) is 0 Å². The molecule has 1 unspecified atom stereocenters. The van der Waals surface area contributed by atoms with Crippen molar-refractivity contribution in [3.63, 3.8) is 0 Å². The highest BCUT2D eigenvalue weighted by molar-refractivity contribution is 5.06. The quantitative estimate of drug-likeness (QED) is 0.730. The SMILES string of the molecule is CCN(CCCN(C)C)C(CN)c1cncn1CC. The Morgan fingerprint density at radius 3 is 2.58 bits per heavy atom. The topological polar surface area (TPSA) is 50.3 Å². The molecule has 1 aromatic rings. The molecular weight excluding hydrogens is 238 g/mol. The summed E-state index contributed by atoms with van der Waals surface area (Å²) in [7, 11) is 4.23. The lowest BCUT2D eigenvalue weighted by atomic mass is 10.1. The molecule has 0 aromatic carbocycles. The van der Waals surface area contributed by atoms with Crippen molar-refractivity contribution in [2.24, 2.45) is 5.73 Å². The van der Waals surface area contributed by atoms with E-state index in [1.807, 2.05) is 12.5 Å². The smallest absolute Gasteiger partial charge is 0.0948 e. The molecule has 1 heterocycles. The lowest BCUT2D eigenvalue weighted by molar-refractivity contribution is 0.194. The first-order valence-electron chi connectivity index (χ1n) is 7.22. The van der Waals surface area contributed by atoms with Gasteiger partial charge in [-0.2, -0.15) is 0 Å². The minimum absolute atomic E-state index is 0.273. The van der Waals surface area contributed by atoms with Crippen LogP contribution in [0.25, 0.3) is 0 Å².